The van der Waals surface area contributed by atoms with Crippen LogP contribution >= 0.6 is 11.8 Å². The van der Waals surface area contributed by atoms with Gasteiger partial charge in [-0.15, -0.1) is 0 Å². The molecule has 2 rings (SSSR count). The monoisotopic (exact) mass is 344 g/mol. The molecule has 120 valence electrons. The molecule has 0 spiro atoms. The number of carbonyl (C=O) groups excluding carboxylic acids is 2. The van der Waals surface area contributed by atoms with E-state index >= 15 is 0 Å². The van der Waals surface area contributed by atoms with E-state index in [-0.39, 0.29) is 27.5 Å². The molecule has 1 aromatic rings. The minimum absolute atomic E-state index is 0.00708. The van der Waals surface area contributed by atoms with Crippen molar-refractivity contribution < 1.29 is 22.6 Å². The van der Waals surface area contributed by atoms with E-state index in [1.807, 2.05) is 0 Å². The third-order valence-electron chi connectivity index (χ3n) is 3.31. The number of benzene rings is 1. The molecule has 3 N–H and O–H groups in total. The summed E-state index contributed by atoms with van der Waals surface area (Å²) >= 11 is 1.18. The van der Waals surface area contributed by atoms with Crippen molar-refractivity contribution in [2.75, 3.05) is 22.9 Å². The van der Waals surface area contributed by atoms with Gasteiger partial charge in [-0.3, -0.25) is 14.1 Å². The number of rotatable bonds is 4. The number of amides is 1. The van der Waals surface area contributed by atoms with Crippen LogP contribution < -0.4 is 10.6 Å². The summed E-state index contributed by atoms with van der Waals surface area (Å²) in [5, 5.41) is 0.00708. The predicted octanol–water partition coefficient (Wildman–Crippen LogP) is 1.15. The van der Waals surface area contributed by atoms with Crippen LogP contribution in [0.2, 0.25) is 0 Å². The summed E-state index contributed by atoms with van der Waals surface area (Å²) in [7, 11) is -4.39. The smallest absolute Gasteiger partial charge is 0.296 e. The molecule has 1 unspecified atom stereocenters. The molecule has 1 aromatic carbocycles. The fourth-order valence-corrected chi connectivity index (χ4v) is 3.61. The lowest BCUT2D eigenvalue weighted by atomic mass is 10.1. The van der Waals surface area contributed by atoms with Crippen molar-refractivity contribution in [3.8, 4) is 0 Å². The van der Waals surface area contributed by atoms with Crippen LogP contribution in [0.5, 0.6) is 0 Å². The summed E-state index contributed by atoms with van der Waals surface area (Å²) in [4.78, 5) is 24.1. The van der Waals surface area contributed by atoms with Gasteiger partial charge in [0.05, 0.1) is 5.69 Å². The second-order valence-corrected chi connectivity index (χ2v) is 7.66. The quantitative estimate of drug-likeness (QED) is 0.621. The second kappa shape index (κ2) is 6.27. The highest BCUT2D eigenvalue weighted by molar-refractivity contribution is 8.13. The zero-order valence-corrected chi connectivity index (χ0v) is 13.5. The Morgan fingerprint density at radius 1 is 1.50 bits per heavy atom. The van der Waals surface area contributed by atoms with Crippen LogP contribution in [0.25, 0.3) is 0 Å². The van der Waals surface area contributed by atoms with Gasteiger partial charge in [0, 0.05) is 31.3 Å². The topological polar surface area (TPSA) is 118 Å². The molecule has 1 fully saturated rings. The Hall–Kier alpha value is -1.58. The lowest BCUT2D eigenvalue weighted by molar-refractivity contribution is -0.117. The van der Waals surface area contributed by atoms with Gasteiger partial charge in [0.25, 0.3) is 10.1 Å². The second-order valence-electron chi connectivity index (χ2n) is 5.07. The molecule has 7 nitrogen and oxygen atoms in total. The molecule has 0 saturated carbocycles. The Kier molecular flexibility index (Phi) is 4.78. The standard InChI is InChI=1S/C13H16N2O5S2/c1-8(16)21-7-9-4-13(17)15(6-9)10-2-3-12(11(14)5-10)22(18,19)20/h2-3,5,9H,4,6-7,14H2,1H3,(H,18,19,20). The van der Waals surface area contributed by atoms with Crippen LogP contribution in [-0.2, 0) is 19.7 Å². The van der Waals surface area contributed by atoms with E-state index in [2.05, 4.69) is 0 Å². The van der Waals surface area contributed by atoms with Gasteiger partial charge in [0.1, 0.15) is 4.90 Å². The SMILES string of the molecule is CC(=O)SCC1CC(=O)N(c2ccc(S(=O)(=O)O)c(N)c2)C1. The molecule has 22 heavy (non-hydrogen) atoms. The van der Waals surface area contributed by atoms with Gasteiger partial charge in [-0.2, -0.15) is 8.42 Å². The Labute approximate surface area is 132 Å². The van der Waals surface area contributed by atoms with Crippen LogP contribution in [-0.4, -0.2) is 36.3 Å². The zero-order valence-electron chi connectivity index (χ0n) is 11.9. The van der Waals surface area contributed by atoms with Crippen LogP contribution in [0.3, 0.4) is 0 Å². The van der Waals surface area contributed by atoms with Crippen molar-refractivity contribution in [3.63, 3.8) is 0 Å². The lowest BCUT2D eigenvalue weighted by Crippen LogP contribution is -2.25. The van der Waals surface area contributed by atoms with Gasteiger partial charge < -0.3 is 10.6 Å². The molecule has 1 atom stereocenters. The molecular formula is C13H16N2O5S2. The zero-order chi connectivity index (χ0) is 16.5. The first-order chi connectivity index (χ1) is 10.2. The Morgan fingerprint density at radius 3 is 2.73 bits per heavy atom. The van der Waals surface area contributed by atoms with Crippen molar-refractivity contribution >= 4 is 44.3 Å². The number of nitrogens with two attached hydrogens (primary N) is 1. The van der Waals surface area contributed by atoms with E-state index in [0.717, 1.165) is 0 Å². The molecule has 1 aliphatic rings. The number of nitrogens with zero attached hydrogens (tertiary/aromatic N) is 1. The molecule has 1 aliphatic heterocycles. The molecular weight excluding hydrogens is 328 g/mol. The average Bonchev–Trinajstić information content (AvgIpc) is 2.76. The van der Waals surface area contributed by atoms with Crippen LogP contribution in [0.1, 0.15) is 13.3 Å². The summed E-state index contributed by atoms with van der Waals surface area (Å²) in [6.45, 7) is 1.93. The number of hydrogen-bond acceptors (Lipinski definition) is 6. The Morgan fingerprint density at radius 2 is 2.18 bits per heavy atom. The summed E-state index contributed by atoms with van der Waals surface area (Å²) in [6.07, 6.45) is 0.334. The molecule has 1 heterocycles. The number of nitrogen functional groups attached to an aromatic ring is 1. The first-order valence-corrected chi connectivity index (χ1v) is 8.92. The number of anilines is 2. The summed E-state index contributed by atoms with van der Waals surface area (Å²) in [5.41, 5.74) is 5.99. The summed E-state index contributed by atoms with van der Waals surface area (Å²) in [6, 6.07) is 3.95. The van der Waals surface area contributed by atoms with Crippen molar-refractivity contribution in [1.82, 2.24) is 0 Å². The molecule has 1 amide bonds. The van der Waals surface area contributed by atoms with E-state index in [4.69, 9.17) is 10.3 Å². The highest BCUT2D eigenvalue weighted by Crippen LogP contribution is 2.30. The normalized spacial score (nSPS) is 18.7. The number of carbonyl (C=O) groups is 2. The Balaban J connectivity index is 2.17. The highest BCUT2D eigenvalue weighted by atomic mass is 32.2. The first-order valence-electron chi connectivity index (χ1n) is 6.49. The molecule has 1 saturated heterocycles. The summed E-state index contributed by atoms with van der Waals surface area (Å²) in [5.74, 6) is 0.521. The minimum atomic E-state index is -4.39. The van der Waals surface area contributed by atoms with Crippen LogP contribution in [0.15, 0.2) is 23.1 Å². The highest BCUT2D eigenvalue weighted by Gasteiger charge is 2.31. The largest absolute Gasteiger partial charge is 0.398 e. The fraction of sp³-hybridized carbons (Fsp3) is 0.385. The summed E-state index contributed by atoms with van der Waals surface area (Å²) < 4.78 is 31.2. The van der Waals surface area contributed by atoms with Crippen molar-refractivity contribution in [3.05, 3.63) is 18.2 Å². The van der Waals surface area contributed by atoms with Crippen molar-refractivity contribution in [1.29, 1.82) is 0 Å². The maximum absolute atomic E-state index is 12.0. The maximum atomic E-state index is 12.0. The maximum Gasteiger partial charge on any atom is 0.296 e. The fourth-order valence-electron chi connectivity index (χ4n) is 2.32. The van der Waals surface area contributed by atoms with Gasteiger partial charge >= 0.3 is 0 Å². The van der Waals surface area contributed by atoms with Crippen molar-refractivity contribution in [2.24, 2.45) is 5.92 Å². The van der Waals surface area contributed by atoms with E-state index < -0.39 is 10.1 Å². The molecule has 9 heteroatoms. The van der Waals surface area contributed by atoms with Gasteiger partial charge in [0.2, 0.25) is 5.91 Å². The first kappa shape index (κ1) is 16.8. The van der Waals surface area contributed by atoms with Crippen LogP contribution in [0, 0.1) is 5.92 Å². The number of hydrogen-bond donors (Lipinski definition) is 2. The van der Waals surface area contributed by atoms with E-state index in [0.29, 0.717) is 24.4 Å². The van der Waals surface area contributed by atoms with E-state index in [1.54, 1.807) is 0 Å². The van der Waals surface area contributed by atoms with E-state index in [9.17, 15) is 18.0 Å². The van der Waals surface area contributed by atoms with Gasteiger partial charge in [-0.05, 0) is 24.1 Å². The van der Waals surface area contributed by atoms with Gasteiger partial charge in [-0.1, -0.05) is 11.8 Å². The van der Waals surface area contributed by atoms with Crippen LogP contribution in [0.4, 0.5) is 11.4 Å². The average molecular weight is 344 g/mol. The molecule has 0 aliphatic carbocycles. The van der Waals surface area contributed by atoms with E-state index in [1.165, 1.54) is 41.8 Å². The van der Waals surface area contributed by atoms with Gasteiger partial charge in [-0.25, -0.2) is 0 Å². The number of thioether (sulfide) groups is 1. The van der Waals surface area contributed by atoms with Gasteiger partial charge in [0.15, 0.2) is 5.12 Å². The lowest BCUT2D eigenvalue weighted by Gasteiger charge is -2.18. The third-order valence-corrected chi connectivity index (χ3v) is 5.28. The predicted molar refractivity (Wildman–Crippen MR) is 84.3 cm³/mol. The Bertz CT molecular complexity index is 717. The third kappa shape index (κ3) is 3.79. The van der Waals surface area contributed by atoms with Crippen molar-refractivity contribution in [2.45, 2.75) is 18.2 Å². The molecule has 0 bridgehead atoms. The molecule has 0 radical (unpaired) electrons. The molecule has 0 aromatic heterocycles. The minimum Gasteiger partial charge on any atom is -0.398 e.